The number of hydrogen-bond donors (Lipinski definition) is 0. The highest BCUT2D eigenvalue weighted by atomic mass is 19.2. The molecule has 0 radical (unpaired) electrons. The van der Waals surface area contributed by atoms with E-state index in [-0.39, 0.29) is 0 Å². The van der Waals surface area contributed by atoms with Crippen LogP contribution in [0.3, 0.4) is 0 Å². The summed E-state index contributed by atoms with van der Waals surface area (Å²) in [7, 11) is 3.51. The van der Waals surface area contributed by atoms with Crippen molar-refractivity contribution in [1.29, 1.82) is 0 Å². The van der Waals surface area contributed by atoms with Crippen molar-refractivity contribution in [2.24, 2.45) is 9.98 Å². The number of ether oxygens (including phenoxy) is 3. The predicted octanol–water partition coefficient (Wildman–Crippen LogP) is 5.15. The second kappa shape index (κ2) is 9.64. The zero-order chi connectivity index (χ0) is 24.4. The number of hydrogen-bond acceptors (Lipinski definition) is 5. The van der Waals surface area contributed by atoms with E-state index in [2.05, 4.69) is 4.99 Å². The Hall–Kier alpha value is -3.36. The highest BCUT2D eigenvalue weighted by molar-refractivity contribution is 6.41. The molecule has 0 saturated heterocycles. The number of halogens is 2. The maximum Gasteiger partial charge on any atom is 0.677 e. The predicted molar refractivity (Wildman–Crippen MR) is 130 cm³/mol. The summed E-state index contributed by atoms with van der Waals surface area (Å²) in [6, 6.07) is 5.26. The maximum absolute atomic E-state index is 14.2. The van der Waals surface area contributed by atoms with Crippen molar-refractivity contribution < 1.29 is 22.8 Å². The first-order valence-corrected chi connectivity index (χ1v) is 10.4. The van der Waals surface area contributed by atoms with Crippen molar-refractivity contribution in [3.8, 4) is 17.2 Å². The molecule has 6 nitrogen and oxygen atoms in total. The van der Waals surface area contributed by atoms with Gasteiger partial charge in [-0.3, -0.25) is 18.6 Å². The lowest BCUT2D eigenvalue weighted by Crippen LogP contribution is -2.18. The van der Waals surface area contributed by atoms with Crippen LogP contribution in [-0.2, 0) is 0 Å². The number of rotatable bonds is 7. The van der Waals surface area contributed by atoms with E-state index < -0.39 is 7.40 Å². The third-order valence-corrected chi connectivity index (χ3v) is 5.73. The normalized spacial score (nSPS) is 15.3. The first-order chi connectivity index (χ1) is 15.7. The van der Waals surface area contributed by atoms with E-state index >= 15 is 0 Å². The number of benzene rings is 1. The molecular weight excluding hydrogens is 427 g/mol. The van der Waals surface area contributed by atoms with Crippen LogP contribution < -0.4 is 14.2 Å². The molecule has 1 aromatic carbocycles. The summed E-state index contributed by atoms with van der Waals surface area (Å²) in [6.45, 7) is 7.28. The average molecular weight is 455 g/mol. The van der Waals surface area contributed by atoms with Crippen LogP contribution in [0.25, 0.3) is 5.57 Å². The molecule has 0 saturated carbocycles. The minimum atomic E-state index is -2.72. The van der Waals surface area contributed by atoms with Gasteiger partial charge >= 0.3 is 7.40 Å². The molecule has 0 unspecified atom stereocenters. The Morgan fingerprint density at radius 1 is 1.00 bits per heavy atom. The van der Waals surface area contributed by atoms with Gasteiger partial charge in [-0.25, -0.2) is 0 Å². The molecule has 1 aromatic heterocycles. The molecule has 0 fully saturated rings. The summed E-state index contributed by atoms with van der Waals surface area (Å²) in [6.07, 6.45) is 1.73. The van der Waals surface area contributed by atoms with Crippen molar-refractivity contribution in [3.63, 3.8) is 0 Å². The van der Waals surface area contributed by atoms with Gasteiger partial charge in [0.2, 0.25) is 5.75 Å². The number of allylic oxidation sites excluding steroid dienone is 2. The zero-order valence-electron chi connectivity index (χ0n) is 20.2. The van der Waals surface area contributed by atoms with Crippen LogP contribution >= 0.6 is 0 Å². The van der Waals surface area contributed by atoms with E-state index in [1.54, 1.807) is 38.4 Å². The minimum Gasteiger partial charge on any atom is -0.493 e. The van der Waals surface area contributed by atoms with Crippen molar-refractivity contribution in [2.75, 3.05) is 28.4 Å². The van der Waals surface area contributed by atoms with Gasteiger partial charge in [0.25, 0.3) is 0 Å². The first kappa shape index (κ1) is 24.3. The summed E-state index contributed by atoms with van der Waals surface area (Å²) in [5, 5.41) is 0. The molecule has 9 heteroatoms. The third-order valence-electron chi connectivity index (χ3n) is 5.73. The van der Waals surface area contributed by atoms with E-state index in [9.17, 15) is 8.63 Å². The number of methoxy groups -OCH3 is 3. The summed E-state index contributed by atoms with van der Waals surface area (Å²) in [5.74, 6) is 1.26. The fraction of sp³-hybridized carbons (Fsp3) is 0.333. The van der Waals surface area contributed by atoms with E-state index in [4.69, 9.17) is 19.2 Å². The average Bonchev–Trinajstić information content (AvgIpc) is 3.23. The molecule has 2 aromatic rings. The zero-order valence-corrected chi connectivity index (χ0v) is 20.2. The molecule has 0 amide bonds. The molecule has 0 N–H and O–H groups in total. The summed E-state index contributed by atoms with van der Waals surface area (Å²) < 4.78 is 46.1. The van der Waals surface area contributed by atoms with Gasteiger partial charge in [-0.2, -0.15) is 0 Å². The summed E-state index contributed by atoms with van der Waals surface area (Å²) >= 11 is 0. The molecule has 2 heterocycles. The van der Waals surface area contributed by atoms with Crippen LogP contribution in [0.1, 0.15) is 36.4 Å². The standard InChI is InChI=1S/C24H28BF2N3O3/c1-13-9-14(2)30(25(26)27)23(13)21(22-15(3)18(12-28-5)16(4)29-22)17-10-19(31-6)24(33-8)20(11-17)32-7/h9-12H,1-8H3/b22-21-,28-12?. The number of nitrogens with zero attached hydrogens (tertiary/aromatic N) is 3. The molecular formula is C24H28BF2N3O3. The maximum atomic E-state index is 14.2. The first-order valence-electron chi connectivity index (χ1n) is 10.4. The van der Waals surface area contributed by atoms with Crippen LogP contribution in [0.15, 0.2) is 45.0 Å². The van der Waals surface area contributed by atoms with Gasteiger partial charge < -0.3 is 18.7 Å². The van der Waals surface area contributed by atoms with Gasteiger partial charge in [-0.05, 0) is 62.6 Å². The quantitative estimate of drug-likeness (QED) is 0.429. The van der Waals surface area contributed by atoms with Gasteiger partial charge in [0.1, 0.15) is 0 Å². The van der Waals surface area contributed by atoms with Gasteiger partial charge in [0.05, 0.1) is 27.0 Å². The van der Waals surface area contributed by atoms with Crippen LogP contribution in [0.5, 0.6) is 17.2 Å². The molecule has 33 heavy (non-hydrogen) atoms. The lowest BCUT2D eigenvalue weighted by molar-refractivity contribution is 0.324. The SMILES string of the molecule is CN=CC1=C(C)/C(=C(\c2cc(OC)c(OC)c(OC)c2)c2c(C)cc(C)n2B(F)F)N=C1C. The lowest BCUT2D eigenvalue weighted by Gasteiger charge is -2.19. The lowest BCUT2D eigenvalue weighted by atomic mass is 9.93. The third kappa shape index (κ3) is 4.19. The van der Waals surface area contributed by atoms with Crippen LogP contribution in [0.4, 0.5) is 8.63 Å². The van der Waals surface area contributed by atoms with Gasteiger partial charge in [0, 0.05) is 41.5 Å². The topological polar surface area (TPSA) is 57.3 Å². The van der Waals surface area contributed by atoms with Crippen LogP contribution in [0.2, 0.25) is 0 Å². The Kier molecular flexibility index (Phi) is 7.10. The van der Waals surface area contributed by atoms with E-state index in [1.165, 1.54) is 21.3 Å². The van der Waals surface area contributed by atoms with Crippen molar-refractivity contribution >= 4 is 24.9 Å². The van der Waals surface area contributed by atoms with Crippen molar-refractivity contribution in [3.05, 3.63) is 57.6 Å². The number of aliphatic imine (C=N–C) groups is 2. The molecule has 174 valence electrons. The van der Waals surface area contributed by atoms with Gasteiger partial charge in [-0.1, -0.05) is 0 Å². The Labute approximate surface area is 193 Å². The van der Waals surface area contributed by atoms with Gasteiger partial charge in [-0.15, -0.1) is 0 Å². The highest BCUT2D eigenvalue weighted by Gasteiger charge is 2.31. The van der Waals surface area contributed by atoms with Crippen LogP contribution in [-0.4, -0.2) is 52.2 Å². The molecule has 0 spiro atoms. The number of aromatic nitrogens is 1. The molecule has 0 atom stereocenters. The minimum absolute atomic E-state index is 0.386. The Balaban J connectivity index is 2.51. The molecule has 3 rings (SSSR count). The van der Waals surface area contributed by atoms with Crippen LogP contribution in [0, 0.1) is 13.8 Å². The molecule has 1 aliphatic rings. The van der Waals surface area contributed by atoms with E-state index in [0.29, 0.717) is 51.0 Å². The summed E-state index contributed by atoms with van der Waals surface area (Å²) in [5.41, 5.74) is 5.80. The highest BCUT2D eigenvalue weighted by Crippen LogP contribution is 2.44. The molecule has 0 bridgehead atoms. The van der Waals surface area contributed by atoms with Crippen molar-refractivity contribution in [2.45, 2.75) is 27.7 Å². The van der Waals surface area contributed by atoms with Crippen molar-refractivity contribution in [1.82, 2.24) is 4.48 Å². The smallest absolute Gasteiger partial charge is 0.493 e. The molecule has 0 aliphatic carbocycles. The van der Waals surface area contributed by atoms with Gasteiger partial charge in [0.15, 0.2) is 11.5 Å². The Morgan fingerprint density at radius 3 is 2.09 bits per heavy atom. The second-order valence-corrected chi connectivity index (χ2v) is 7.73. The fourth-order valence-electron chi connectivity index (χ4n) is 4.27. The Morgan fingerprint density at radius 2 is 1.61 bits per heavy atom. The monoisotopic (exact) mass is 455 g/mol. The van der Waals surface area contributed by atoms with E-state index in [1.807, 2.05) is 20.8 Å². The Bertz CT molecular complexity index is 1180. The largest absolute Gasteiger partial charge is 0.677 e. The fourth-order valence-corrected chi connectivity index (χ4v) is 4.27. The number of aryl methyl sites for hydroxylation is 2. The second-order valence-electron chi connectivity index (χ2n) is 7.73. The van der Waals surface area contributed by atoms with E-state index in [0.717, 1.165) is 21.3 Å². The summed E-state index contributed by atoms with van der Waals surface area (Å²) in [4.78, 5) is 8.92. The molecule has 1 aliphatic heterocycles.